The van der Waals surface area contributed by atoms with Gasteiger partial charge in [-0.25, -0.2) is 9.97 Å². The number of pyridine rings is 2. The summed E-state index contributed by atoms with van der Waals surface area (Å²) in [5.74, 6) is 0. The molecule has 0 saturated carbocycles. The van der Waals surface area contributed by atoms with E-state index in [0.29, 0.717) is 5.58 Å². The van der Waals surface area contributed by atoms with Gasteiger partial charge in [-0.15, -0.1) is 0 Å². The fourth-order valence-corrected chi connectivity index (χ4v) is 7.91. The number of para-hydroxylation sites is 5. The van der Waals surface area contributed by atoms with Gasteiger partial charge in [-0.05, 0) is 60.7 Å². The molecular formula is C46H28N4O. The predicted octanol–water partition coefficient (Wildman–Crippen LogP) is 11.9. The average Bonchev–Trinajstić information content (AvgIpc) is 3.85. The van der Waals surface area contributed by atoms with Crippen molar-refractivity contribution in [1.29, 1.82) is 0 Å². The third-order valence-electron chi connectivity index (χ3n) is 10.2. The Labute approximate surface area is 292 Å². The summed E-state index contributed by atoms with van der Waals surface area (Å²) in [6.07, 6.45) is 1.96. The number of rotatable bonds is 4. The fraction of sp³-hybridized carbons (Fsp3) is 0. The minimum absolute atomic E-state index is 0.714. The molecule has 0 aliphatic heterocycles. The van der Waals surface area contributed by atoms with Crippen molar-refractivity contribution >= 4 is 65.8 Å². The summed E-state index contributed by atoms with van der Waals surface area (Å²) in [7, 11) is 0. The van der Waals surface area contributed by atoms with E-state index in [9.17, 15) is 0 Å². The highest BCUT2D eigenvalue weighted by Gasteiger charge is 2.19. The summed E-state index contributed by atoms with van der Waals surface area (Å²) < 4.78 is 11.1. The van der Waals surface area contributed by atoms with Gasteiger partial charge >= 0.3 is 0 Å². The first-order valence-electron chi connectivity index (χ1n) is 17.2. The molecule has 0 radical (unpaired) electrons. The topological polar surface area (TPSA) is 48.8 Å². The van der Waals surface area contributed by atoms with Crippen LogP contribution in [-0.2, 0) is 0 Å². The zero-order chi connectivity index (χ0) is 33.5. The smallest absolute Gasteiger partial charge is 0.156 e. The molecule has 0 fully saturated rings. The standard InChI is InChI=1S/C46H28N4O/c1-3-12-31(13-4-1)49-39-20-9-7-16-34(39)36-23-22-29(26-41(36)49)38-24-25-42-45(48-38)44-43(51-42)27-30(28-47-44)33-18-11-19-37-35-17-8-10-21-40(35)50(46(33)37)32-14-5-2-6-15-32/h1-28H. The van der Waals surface area contributed by atoms with E-state index in [0.717, 1.165) is 61.4 Å². The van der Waals surface area contributed by atoms with Crippen LogP contribution in [-0.4, -0.2) is 19.1 Å². The summed E-state index contributed by atoms with van der Waals surface area (Å²) >= 11 is 0. The quantitative estimate of drug-likeness (QED) is 0.190. The molecule has 51 heavy (non-hydrogen) atoms. The Bertz CT molecular complexity index is 3130. The maximum absolute atomic E-state index is 6.44. The van der Waals surface area contributed by atoms with Gasteiger partial charge in [0.1, 0.15) is 11.0 Å². The molecule has 11 aromatic rings. The molecule has 0 bridgehead atoms. The van der Waals surface area contributed by atoms with Crippen LogP contribution in [0.1, 0.15) is 0 Å². The van der Waals surface area contributed by atoms with Gasteiger partial charge in [-0.2, -0.15) is 0 Å². The van der Waals surface area contributed by atoms with Crippen LogP contribution in [0.3, 0.4) is 0 Å². The molecule has 0 unspecified atom stereocenters. The molecule has 5 nitrogen and oxygen atoms in total. The molecule has 11 rings (SSSR count). The first-order valence-corrected chi connectivity index (χ1v) is 17.2. The van der Waals surface area contributed by atoms with Crippen molar-refractivity contribution in [2.45, 2.75) is 0 Å². The molecule has 0 aliphatic carbocycles. The molecule has 5 aromatic heterocycles. The monoisotopic (exact) mass is 652 g/mol. The molecule has 0 N–H and O–H groups in total. The summed E-state index contributed by atoms with van der Waals surface area (Å²) in [6.45, 7) is 0. The Morgan fingerprint density at radius 2 is 1.08 bits per heavy atom. The molecule has 0 saturated heterocycles. The Morgan fingerprint density at radius 3 is 1.86 bits per heavy atom. The normalized spacial score (nSPS) is 11.9. The van der Waals surface area contributed by atoms with Crippen LogP contribution in [0, 0.1) is 0 Å². The molecular weight excluding hydrogens is 625 g/mol. The highest BCUT2D eigenvalue weighted by molar-refractivity contribution is 6.14. The van der Waals surface area contributed by atoms with Crippen LogP contribution < -0.4 is 0 Å². The number of benzene rings is 6. The van der Waals surface area contributed by atoms with Crippen LogP contribution in [0.2, 0.25) is 0 Å². The van der Waals surface area contributed by atoms with Gasteiger partial charge in [0.15, 0.2) is 11.2 Å². The first kappa shape index (κ1) is 27.9. The molecule has 5 heteroatoms. The lowest BCUT2D eigenvalue weighted by molar-refractivity contribution is 0.667. The highest BCUT2D eigenvalue weighted by Crippen LogP contribution is 2.40. The van der Waals surface area contributed by atoms with Crippen LogP contribution in [0.15, 0.2) is 174 Å². The van der Waals surface area contributed by atoms with E-state index in [1.165, 1.54) is 32.6 Å². The van der Waals surface area contributed by atoms with Crippen molar-refractivity contribution in [2.75, 3.05) is 0 Å². The van der Waals surface area contributed by atoms with Gasteiger partial charge in [-0.3, -0.25) is 0 Å². The number of aromatic nitrogens is 4. The van der Waals surface area contributed by atoms with Crippen molar-refractivity contribution in [1.82, 2.24) is 19.1 Å². The molecule has 0 amide bonds. The van der Waals surface area contributed by atoms with Gasteiger partial charge in [-0.1, -0.05) is 103 Å². The van der Waals surface area contributed by atoms with Gasteiger partial charge in [0.05, 0.1) is 27.8 Å². The maximum atomic E-state index is 6.44. The minimum atomic E-state index is 0.714. The van der Waals surface area contributed by atoms with Crippen LogP contribution in [0.5, 0.6) is 0 Å². The second kappa shape index (κ2) is 10.8. The summed E-state index contributed by atoms with van der Waals surface area (Å²) in [5, 5.41) is 4.86. The Morgan fingerprint density at radius 1 is 0.431 bits per heavy atom. The van der Waals surface area contributed by atoms with Gasteiger partial charge in [0.25, 0.3) is 0 Å². The van der Waals surface area contributed by atoms with Crippen LogP contribution in [0.4, 0.5) is 0 Å². The zero-order valence-corrected chi connectivity index (χ0v) is 27.4. The number of hydrogen-bond donors (Lipinski definition) is 0. The largest absolute Gasteiger partial charge is 0.453 e. The van der Waals surface area contributed by atoms with Gasteiger partial charge in [0, 0.05) is 55.8 Å². The maximum Gasteiger partial charge on any atom is 0.156 e. The van der Waals surface area contributed by atoms with Crippen molar-refractivity contribution in [3.63, 3.8) is 0 Å². The highest BCUT2D eigenvalue weighted by atomic mass is 16.3. The fourth-order valence-electron chi connectivity index (χ4n) is 7.91. The van der Waals surface area contributed by atoms with E-state index in [1.807, 2.05) is 18.3 Å². The van der Waals surface area contributed by atoms with Crippen molar-refractivity contribution < 1.29 is 4.42 Å². The van der Waals surface area contributed by atoms with Crippen molar-refractivity contribution in [3.8, 4) is 33.8 Å². The molecule has 0 spiro atoms. The van der Waals surface area contributed by atoms with E-state index in [4.69, 9.17) is 14.4 Å². The van der Waals surface area contributed by atoms with Crippen LogP contribution in [0.25, 0.3) is 99.6 Å². The molecule has 6 aromatic carbocycles. The van der Waals surface area contributed by atoms with E-state index in [2.05, 4.69) is 161 Å². The lowest BCUT2D eigenvalue weighted by atomic mass is 10.0. The molecule has 238 valence electrons. The van der Waals surface area contributed by atoms with Gasteiger partial charge < -0.3 is 13.6 Å². The van der Waals surface area contributed by atoms with E-state index in [-0.39, 0.29) is 0 Å². The second-order valence-corrected chi connectivity index (χ2v) is 13.0. The number of hydrogen-bond acceptors (Lipinski definition) is 3. The SMILES string of the molecule is c1ccc(-n2c3ccccc3c3ccc(-c4ccc5oc6cc(-c7cccc8c9ccccc9n(-c9ccccc9)c78)cnc6c5n4)cc32)cc1. The van der Waals surface area contributed by atoms with Crippen molar-refractivity contribution in [2.24, 2.45) is 0 Å². The number of nitrogens with zero attached hydrogens (tertiary/aromatic N) is 4. The second-order valence-electron chi connectivity index (χ2n) is 13.0. The summed E-state index contributed by atoms with van der Waals surface area (Å²) in [4.78, 5) is 10.2. The predicted molar refractivity (Wildman–Crippen MR) is 209 cm³/mol. The molecule has 0 atom stereocenters. The average molecular weight is 653 g/mol. The molecule has 0 aliphatic rings. The van der Waals surface area contributed by atoms with Crippen LogP contribution >= 0.6 is 0 Å². The lowest BCUT2D eigenvalue weighted by Crippen LogP contribution is -1.95. The number of furan rings is 1. The Balaban J connectivity index is 1.07. The minimum Gasteiger partial charge on any atom is -0.453 e. The van der Waals surface area contributed by atoms with Crippen molar-refractivity contribution in [3.05, 3.63) is 170 Å². The third-order valence-corrected chi connectivity index (χ3v) is 10.2. The Kier molecular flexibility index (Phi) is 5.89. The van der Waals surface area contributed by atoms with Gasteiger partial charge in [0.2, 0.25) is 0 Å². The third kappa shape index (κ3) is 4.15. The first-order chi connectivity index (χ1) is 25.3. The van der Waals surface area contributed by atoms with E-state index in [1.54, 1.807) is 0 Å². The lowest BCUT2D eigenvalue weighted by Gasteiger charge is -2.11. The summed E-state index contributed by atoms with van der Waals surface area (Å²) in [5.41, 5.74) is 13.8. The molecule has 5 heterocycles. The Hall–Kier alpha value is -6.98. The number of fused-ring (bicyclic) bond motifs is 9. The van der Waals surface area contributed by atoms with E-state index >= 15 is 0 Å². The van der Waals surface area contributed by atoms with E-state index < -0.39 is 0 Å². The zero-order valence-electron chi connectivity index (χ0n) is 27.4. The summed E-state index contributed by atoms with van der Waals surface area (Å²) in [6, 6.07) is 57.6.